The predicted octanol–water partition coefficient (Wildman–Crippen LogP) is 3.53. The number of rotatable bonds is 8. The second-order valence-electron chi connectivity index (χ2n) is 16.2. The smallest absolute Gasteiger partial charge is 0.308 e. The number of hydrogen-bond donors (Lipinski definition) is 3. The van der Waals surface area contributed by atoms with Gasteiger partial charge in [0.2, 0.25) is 0 Å². The van der Waals surface area contributed by atoms with E-state index in [-0.39, 0.29) is 30.9 Å². The summed E-state index contributed by atoms with van der Waals surface area (Å²) in [6.07, 6.45) is -6.14. The number of likely N-dealkylation sites (N-methyl/N-ethyl adjacent to an activating group) is 1. The Balaban J connectivity index is 1.78. The molecule has 4 rings (SSSR count). The number of methoxy groups -OCH3 is 1. The van der Waals surface area contributed by atoms with Crippen LogP contribution in [0.15, 0.2) is 11.3 Å². The molecule has 0 spiro atoms. The summed E-state index contributed by atoms with van der Waals surface area (Å²) in [5.41, 5.74) is -1.70. The molecular formula is C36H63NO11. The van der Waals surface area contributed by atoms with E-state index in [2.05, 4.69) is 0 Å². The van der Waals surface area contributed by atoms with Crippen LogP contribution in [0, 0.1) is 17.3 Å². The van der Waals surface area contributed by atoms with Crippen molar-refractivity contribution in [3.8, 4) is 0 Å². The number of nitrogens with zero attached hydrogens (tertiary/aromatic N) is 1. The van der Waals surface area contributed by atoms with Crippen LogP contribution in [0.4, 0.5) is 0 Å². The maximum Gasteiger partial charge on any atom is 0.308 e. The van der Waals surface area contributed by atoms with Gasteiger partial charge in [-0.05, 0) is 67.6 Å². The lowest BCUT2D eigenvalue weighted by Gasteiger charge is -2.48. The van der Waals surface area contributed by atoms with Crippen LogP contribution in [-0.4, -0.2) is 126 Å². The molecule has 15 atom stereocenters. The first kappa shape index (κ1) is 39.4. The topological polar surface area (TPSA) is 146 Å². The largest absolute Gasteiger partial charge is 0.488 e. The number of carbonyl (C=O) groups excluding carboxylic acids is 1. The number of carbonyl (C=O) groups is 1. The normalized spacial score (nSPS) is 45.4. The Morgan fingerprint density at radius 1 is 1.06 bits per heavy atom. The summed E-state index contributed by atoms with van der Waals surface area (Å²) in [6, 6.07) is -0.190. The molecular weight excluding hydrogens is 622 g/mol. The van der Waals surface area contributed by atoms with Crippen LogP contribution >= 0.6 is 0 Å². The van der Waals surface area contributed by atoms with Gasteiger partial charge in [0.15, 0.2) is 12.6 Å². The van der Waals surface area contributed by atoms with Gasteiger partial charge in [-0.2, -0.15) is 0 Å². The number of aliphatic hydroxyl groups is 3. The molecule has 0 aromatic carbocycles. The molecule has 0 amide bonds. The monoisotopic (exact) mass is 685 g/mol. The third kappa shape index (κ3) is 7.77. The third-order valence-corrected chi connectivity index (χ3v) is 11.7. The Morgan fingerprint density at radius 3 is 2.29 bits per heavy atom. The Morgan fingerprint density at radius 2 is 1.71 bits per heavy atom. The summed E-state index contributed by atoms with van der Waals surface area (Å²) in [7, 11) is 5.40. The van der Waals surface area contributed by atoms with Crippen LogP contribution in [-0.2, 0) is 38.0 Å². The van der Waals surface area contributed by atoms with Crippen molar-refractivity contribution in [3.05, 3.63) is 11.3 Å². The summed E-state index contributed by atoms with van der Waals surface area (Å²) >= 11 is 0. The van der Waals surface area contributed by atoms with Crippen LogP contribution in [0.2, 0.25) is 0 Å². The highest BCUT2D eigenvalue weighted by atomic mass is 16.7. The van der Waals surface area contributed by atoms with Crippen molar-refractivity contribution in [2.75, 3.05) is 21.2 Å². The van der Waals surface area contributed by atoms with Crippen molar-refractivity contribution in [2.45, 2.75) is 174 Å². The molecule has 4 aliphatic heterocycles. The lowest BCUT2D eigenvalue weighted by molar-refractivity contribution is -0.313. The highest BCUT2D eigenvalue weighted by Gasteiger charge is 2.55. The van der Waals surface area contributed by atoms with E-state index >= 15 is 0 Å². The first-order valence-electron chi connectivity index (χ1n) is 17.6. The van der Waals surface area contributed by atoms with Crippen molar-refractivity contribution in [2.24, 2.45) is 17.3 Å². The van der Waals surface area contributed by atoms with Gasteiger partial charge in [-0.25, -0.2) is 0 Å². The van der Waals surface area contributed by atoms with Gasteiger partial charge in [0, 0.05) is 37.3 Å². The van der Waals surface area contributed by atoms with E-state index in [1.165, 1.54) is 0 Å². The lowest BCUT2D eigenvalue weighted by atomic mass is 9.75. The Kier molecular flexibility index (Phi) is 12.1. The third-order valence-electron chi connectivity index (χ3n) is 11.7. The zero-order chi connectivity index (χ0) is 36.1. The molecule has 278 valence electrons. The van der Waals surface area contributed by atoms with Gasteiger partial charge >= 0.3 is 5.97 Å². The molecule has 3 N–H and O–H groups in total. The van der Waals surface area contributed by atoms with E-state index in [0.29, 0.717) is 18.6 Å². The van der Waals surface area contributed by atoms with Crippen LogP contribution in [0.3, 0.4) is 0 Å². The van der Waals surface area contributed by atoms with E-state index in [0.717, 1.165) is 5.57 Å². The number of fused-ring (bicyclic) bond motifs is 2. The molecule has 0 radical (unpaired) electrons. The summed E-state index contributed by atoms with van der Waals surface area (Å²) in [6.45, 7) is 18.9. The molecule has 12 heteroatoms. The molecule has 4 heterocycles. The lowest BCUT2D eigenvalue weighted by Crippen LogP contribution is -2.59. The fourth-order valence-electron chi connectivity index (χ4n) is 8.22. The fourth-order valence-corrected chi connectivity index (χ4v) is 8.22. The van der Waals surface area contributed by atoms with E-state index in [9.17, 15) is 20.1 Å². The number of hydrogen-bond acceptors (Lipinski definition) is 12. The van der Waals surface area contributed by atoms with Gasteiger partial charge in [0.1, 0.15) is 35.8 Å². The zero-order valence-electron chi connectivity index (χ0n) is 31.4. The molecule has 12 nitrogen and oxygen atoms in total. The fraction of sp³-hybridized carbons (Fsp3) is 0.917. The molecule has 9 unspecified atom stereocenters. The van der Waals surface area contributed by atoms with Gasteiger partial charge < -0.3 is 53.4 Å². The van der Waals surface area contributed by atoms with Crippen molar-refractivity contribution < 1.29 is 53.3 Å². The number of cyclic esters (lactones) is 1. The van der Waals surface area contributed by atoms with Crippen LogP contribution in [0.5, 0.6) is 0 Å². The Hall–Kier alpha value is -1.35. The van der Waals surface area contributed by atoms with Gasteiger partial charge in [-0.1, -0.05) is 27.7 Å². The molecule has 0 aliphatic carbocycles. The summed E-state index contributed by atoms with van der Waals surface area (Å²) in [4.78, 5) is 15.9. The summed E-state index contributed by atoms with van der Waals surface area (Å²) in [5, 5.41) is 33.2. The Labute approximate surface area is 287 Å². The second kappa shape index (κ2) is 14.7. The van der Waals surface area contributed by atoms with Gasteiger partial charge in [-0.15, -0.1) is 0 Å². The maximum atomic E-state index is 14.0. The van der Waals surface area contributed by atoms with Gasteiger partial charge in [-0.3, -0.25) is 4.79 Å². The highest BCUT2D eigenvalue weighted by Crippen LogP contribution is 2.48. The number of esters is 1. The van der Waals surface area contributed by atoms with Crippen LogP contribution < -0.4 is 0 Å². The minimum Gasteiger partial charge on any atom is -0.488 e. The molecule has 48 heavy (non-hydrogen) atoms. The summed E-state index contributed by atoms with van der Waals surface area (Å²) < 4.78 is 44.8. The molecule has 0 aromatic heterocycles. The molecule has 0 saturated carbocycles. The minimum atomic E-state index is -0.965. The maximum absolute atomic E-state index is 14.0. The van der Waals surface area contributed by atoms with Crippen LogP contribution in [0.25, 0.3) is 0 Å². The van der Waals surface area contributed by atoms with Gasteiger partial charge in [0.25, 0.3) is 0 Å². The van der Waals surface area contributed by atoms with Crippen molar-refractivity contribution >= 4 is 5.97 Å². The molecule has 4 aliphatic rings. The zero-order valence-corrected chi connectivity index (χ0v) is 31.4. The first-order valence-corrected chi connectivity index (χ1v) is 17.6. The van der Waals surface area contributed by atoms with Crippen molar-refractivity contribution in [1.29, 1.82) is 0 Å². The molecule has 3 saturated heterocycles. The quantitative estimate of drug-likeness (QED) is 0.322. The van der Waals surface area contributed by atoms with Crippen molar-refractivity contribution in [3.63, 3.8) is 0 Å². The van der Waals surface area contributed by atoms with Gasteiger partial charge in [0.05, 0.1) is 42.4 Å². The second-order valence-corrected chi connectivity index (χ2v) is 16.2. The Bertz CT molecular complexity index is 1160. The van der Waals surface area contributed by atoms with Crippen molar-refractivity contribution in [1.82, 2.24) is 4.90 Å². The summed E-state index contributed by atoms with van der Waals surface area (Å²) in [5.74, 6) is -0.680. The SMILES string of the molecule is CO[C@]1(C)CC(OC2CC(=O)OC(C(C)(C)C(C)O)[C@@H](C)C3=C(C)C[C@@](C)(O3)C(OC3O[C@H](C)CC(N(C)C)C3O)[C@H]2C)O[C@@H](C)C1O. The van der Waals surface area contributed by atoms with E-state index < -0.39 is 83.8 Å². The molecule has 0 aromatic rings. The minimum absolute atomic E-state index is 0.139. The van der Waals surface area contributed by atoms with E-state index in [1.807, 2.05) is 74.4 Å². The highest BCUT2D eigenvalue weighted by molar-refractivity contribution is 5.70. The average Bonchev–Trinajstić information content (AvgIpc) is 3.31. The molecule has 2 bridgehead atoms. The standard InChI is InChI=1S/C36H63NO11/c1-18-16-36(10)32(47-33-28(40)24(37(11)12)14-19(2)43-33)20(3)25(45-27-17-35(9,42-13)30(41)22(5)44-27)15-26(39)46-31(21(4)29(18)48-36)34(7,8)23(6)38/h19-25,27-28,30-33,38,40-41H,14-17H2,1-13H3/t19-,20+,21+,22+,23?,24?,25?,27?,28?,30?,31?,32?,33?,35-,36-/m1/s1. The molecule has 3 fully saturated rings. The first-order chi connectivity index (χ1) is 22.1. The van der Waals surface area contributed by atoms with Crippen LogP contribution in [0.1, 0.15) is 94.9 Å². The average molecular weight is 686 g/mol. The van der Waals surface area contributed by atoms with E-state index in [4.69, 9.17) is 33.2 Å². The number of aliphatic hydroxyl groups excluding tert-OH is 3. The predicted molar refractivity (Wildman–Crippen MR) is 178 cm³/mol. The number of ether oxygens (including phenoxy) is 7. The van der Waals surface area contributed by atoms with E-state index in [1.54, 1.807) is 21.0 Å².